The van der Waals surface area contributed by atoms with Gasteiger partial charge >= 0.3 is 0 Å². The van der Waals surface area contributed by atoms with Crippen LogP contribution >= 0.6 is 11.3 Å². The Morgan fingerprint density at radius 1 is 1.47 bits per heavy atom. The molecule has 3 rings (SSSR count). The predicted molar refractivity (Wildman–Crippen MR) is 68.6 cm³/mol. The van der Waals surface area contributed by atoms with Crippen molar-refractivity contribution in [1.82, 2.24) is 9.38 Å². The zero-order chi connectivity index (χ0) is 11.8. The standard InChI is InChI=1S/C13H10N2OS/c1-9-14-12(8-17-9)11-5-13-10(7-16)3-2-4-15(13)6-11/h2-8H,1H3. The van der Waals surface area contributed by atoms with Gasteiger partial charge in [-0.25, -0.2) is 4.98 Å². The summed E-state index contributed by atoms with van der Waals surface area (Å²) in [5.74, 6) is 0. The van der Waals surface area contributed by atoms with Crippen LogP contribution in [0.2, 0.25) is 0 Å². The quantitative estimate of drug-likeness (QED) is 0.647. The predicted octanol–water partition coefficient (Wildman–Crippen LogP) is 3.18. The fourth-order valence-corrected chi connectivity index (χ4v) is 2.52. The molecule has 3 heterocycles. The van der Waals surface area contributed by atoms with E-state index >= 15 is 0 Å². The topological polar surface area (TPSA) is 34.4 Å². The number of nitrogens with zero attached hydrogens (tertiary/aromatic N) is 2. The average Bonchev–Trinajstić information content (AvgIpc) is 2.93. The Hall–Kier alpha value is -1.94. The van der Waals surface area contributed by atoms with Crippen molar-refractivity contribution in [3.8, 4) is 11.3 Å². The molecule has 0 aliphatic heterocycles. The van der Waals surface area contributed by atoms with E-state index in [1.165, 1.54) is 0 Å². The summed E-state index contributed by atoms with van der Waals surface area (Å²) in [7, 11) is 0. The van der Waals surface area contributed by atoms with Crippen molar-refractivity contribution >= 4 is 23.1 Å². The molecule has 0 amide bonds. The maximum Gasteiger partial charge on any atom is 0.152 e. The van der Waals surface area contributed by atoms with Gasteiger partial charge in [0.15, 0.2) is 6.29 Å². The first-order valence-electron chi connectivity index (χ1n) is 5.26. The molecule has 0 bridgehead atoms. The van der Waals surface area contributed by atoms with E-state index in [2.05, 4.69) is 4.98 Å². The lowest BCUT2D eigenvalue weighted by Crippen LogP contribution is -1.86. The lowest BCUT2D eigenvalue weighted by Gasteiger charge is -1.94. The van der Waals surface area contributed by atoms with Crippen LogP contribution < -0.4 is 0 Å². The number of aromatic nitrogens is 2. The van der Waals surface area contributed by atoms with Crippen molar-refractivity contribution in [2.45, 2.75) is 6.92 Å². The van der Waals surface area contributed by atoms with E-state index in [0.717, 1.165) is 28.1 Å². The molecule has 3 aromatic rings. The van der Waals surface area contributed by atoms with Crippen molar-refractivity contribution < 1.29 is 4.79 Å². The number of carbonyl (C=O) groups is 1. The van der Waals surface area contributed by atoms with Gasteiger partial charge in [-0.2, -0.15) is 0 Å². The van der Waals surface area contributed by atoms with Gasteiger partial charge in [0.05, 0.1) is 16.2 Å². The van der Waals surface area contributed by atoms with Gasteiger partial charge in [-0.3, -0.25) is 4.79 Å². The Morgan fingerprint density at radius 2 is 2.35 bits per heavy atom. The third-order valence-corrected chi connectivity index (χ3v) is 3.48. The molecule has 0 saturated heterocycles. The zero-order valence-corrected chi connectivity index (χ0v) is 10.1. The highest BCUT2D eigenvalue weighted by atomic mass is 32.1. The van der Waals surface area contributed by atoms with Crippen LogP contribution in [0.15, 0.2) is 36.0 Å². The Kier molecular flexibility index (Phi) is 2.30. The molecule has 0 N–H and O–H groups in total. The Morgan fingerprint density at radius 3 is 3.06 bits per heavy atom. The Balaban J connectivity index is 2.23. The van der Waals surface area contributed by atoms with Crippen molar-refractivity contribution in [2.75, 3.05) is 0 Å². The Labute approximate surface area is 102 Å². The van der Waals surface area contributed by atoms with Gasteiger partial charge in [-0.05, 0) is 25.1 Å². The van der Waals surface area contributed by atoms with Gasteiger partial charge in [0.1, 0.15) is 0 Å². The number of thiazole rings is 1. The smallest absolute Gasteiger partial charge is 0.152 e. The lowest BCUT2D eigenvalue weighted by molar-refractivity contribution is 0.112. The van der Waals surface area contributed by atoms with Crippen LogP contribution in [0.3, 0.4) is 0 Å². The SMILES string of the molecule is Cc1nc(-c2cc3c(C=O)cccn3c2)cs1. The first-order valence-corrected chi connectivity index (χ1v) is 6.14. The van der Waals surface area contributed by atoms with Gasteiger partial charge in [0.2, 0.25) is 0 Å². The summed E-state index contributed by atoms with van der Waals surface area (Å²) < 4.78 is 1.95. The lowest BCUT2D eigenvalue weighted by atomic mass is 10.2. The second kappa shape index (κ2) is 3.82. The summed E-state index contributed by atoms with van der Waals surface area (Å²) in [5.41, 5.74) is 3.63. The molecule has 17 heavy (non-hydrogen) atoms. The van der Waals surface area contributed by atoms with Crippen LogP contribution in [0.4, 0.5) is 0 Å². The highest BCUT2D eigenvalue weighted by Gasteiger charge is 2.07. The summed E-state index contributed by atoms with van der Waals surface area (Å²) in [6.45, 7) is 1.99. The van der Waals surface area contributed by atoms with Crippen molar-refractivity contribution in [3.63, 3.8) is 0 Å². The van der Waals surface area contributed by atoms with Crippen molar-refractivity contribution in [3.05, 3.63) is 46.5 Å². The minimum atomic E-state index is 0.700. The molecule has 0 aliphatic carbocycles. The molecule has 0 unspecified atom stereocenters. The molecule has 0 aliphatic rings. The second-order valence-electron chi connectivity index (χ2n) is 3.85. The van der Waals surface area contributed by atoms with Crippen LogP contribution in [0.5, 0.6) is 0 Å². The van der Waals surface area contributed by atoms with Crippen LogP contribution in [-0.4, -0.2) is 15.7 Å². The molecule has 0 saturated carbocycles. The minimum absolute atomic E-state index is 0.700. The zero-order valence-electron chi connectivity index (χ0n) is 9.25. The van der Waals surface area contributed by atoms with Gasteiger partial charge in [0.25, 0.3) is 0 Å². The average molecular weight is 242 g/mol. The molecule has 3 nitrogen and oxygen atoms in total. The van der Waals surface area contributed by atoms with E-state index in [0.29, 0.717) is 5.56 Å². The van der Waals surface area contributed by atoms with Crippen LogP contribution in [0, 0.1) is 6.92 Å². The molecule has 0 atom stereocenters. The first-order chi connectivity index (χ1) is 8.28. The first kappa shape index (κ1) is 10.2. The summed E-state index contributed by atoms with van der Waals surface area (Å²) in [6, 6.07) is 5.68. The number of aldehydes is 1. The normalized spacial score (nSPS) is 10.9. The van der Waals surface area contributed by atoms with Gasteiger partial charge in [-0.15, -0.1) is 11.3 Å². The van der Waals surface area contributed by atoms with Crippen molar-refractivity contribution in [2.24, 2.45) is 0 Å². The maximum absolute atomic E-state index is 10.9. The van der Waals surface area contributed by atoms with Gasteiger partial charge in [-0.1, -0.05) is 0 Å². The monoisotopic (exact) mass is 242 g/mol. The number of pyridine rings is 1. The number of rotatable bonds is 2. The van der Waals surface area contributed by atoms with Gasteiger partial charge < -0.3 is 4.40 Å². The van der Waals surface area contributed by atoms with E-state index in [9.17, 15) is 4.79 Å². The van der Waals surface area contributed by atoms with Crippen LogP contribution in [0.25, 0.3) is 16.8 Å². The highest BCUT2D eigenvalue weighted by Crippen LogP contribution is 2.25. The van der Waals surface area contributed by atoms with Crippen LogP contribution in [0.1, 0.15) is 15.4 Å². The maximum atomic E-state index is 10.9. The third-order valence-electron chi connectivity index (χ3n) is 2.71. The number of aryl methyl sites for hydroxylation is 1. The highest BCUT2D eigenvalue weighted by molar-refractivity contribution is 7.09. The molecular weight excluding hydrogens is 232 g/mol. The molecule has 0 aromatic carbocycles. The molecule has 3 aromatic heterocycles. The summed E-state index contributed by atoms with van der Waals surface area (Å²) in [4.78, 5) is 15.4. The van der Waals surface area contributed by atoms with E-state index in [-0.39, 0.29) is 0 Å². The Bertz CT molecular complexity index is 696. The summed E-state index contributed by atoms with van der Waals surface area (Å²) >= 11 is 1.63. The van der Waals surface area contributed by atoms with E-state index in [4.69, 9.17) is 0 Å². The number of hydrogen-bond acceptors (Lipinski definition) is 3. The fraction of sp³-hybridized carbons (Fsp3) is 0.0769. The van der Waals surface area contributed by atoms with Crippen LogP contribution in [-0.2, 0) is 0 Å². The fourth-order valence-electron chi connectivity index (χ4n) is 1.89. The number of hydrogen-bond donors (Lipinski definition) is 0. The molecule has 0 fully saturated rings. The minimum Gasteiger partial charge on any atom is -0.322 e. The van der Waals surface area contributed by atoms with Gasteiger partial charge in [0, 0.05) is 28.9 Å². The molecule has 0 radical (unpaired) electrons. The molecular formula is C13H10N2OS. The molecule has 4 heteroatoms. The third kappa shape index (κ3) is 1.66. The van der Waals surface area contributed by atoms with Crippen molar-refractivity contribution in [1.29, 1.82) is 0 Å². The largest absolute Gasteiger partial charge is 0.322 e. The summed E-state index contributed by atoms with van der Waals surface area (Å²) in [5, 5.41) is 3.08. The van der Waals surface area contributed by atoms with E-state index in [1.54, 1.807) is 11.3 Å². The molecule has 84 valence electrons. The van der Waals surface area contributed by atoms with E-state index < -0.39 is 0 Å². The molecule has 0 spiro atoms. The number of carbonyl (C=O) groups excluding carboxylic acids is 1. The second-order valence-corrected chi connectivity index (χ2v) is 4.92. The summed E-state index contributed by atoms with van der Waals surface area (Å²) in [6.07, 6.45) is 4.81. The van der Waals surface area contributed by atoms with E-state index in [1.807, 2.05) is 47.3 Å². The number of fused-ring (bicyclic) bond motifs is 1.